The maximum atomic E-state index is 12.1. The van der Waals surface area contributed by atoms with Crippen molar-refractivity contribution < 1.29 is 13.5 Å². The number of sulfonamides is 1. The number of nitrogens with zero attached hydrogens (tertiary/aromatic N) is 2. The fourth-order valence-corrected chi connectivity index (χ4v) is 3.66. The van der Waals surface area contributed by atoms with E-state index in [1.54, 1.807) is 0 Å². The van der Waals surface area contributed by atoms with Crippen molar-refractivity contribution in [1.29, 1.82) is 0 Å². The standard InChI is InChI=1S/C13H20ClN3O3S/c1-2-10-3-5-13(18,6-4-10)9-17-21(19,20)11-7-15-12(14)16-8-11/h7-8,10,17-18H,2-6,9H2,1H3. The molecule has 0 atom stereocenters. The highest BCUT2D eigenvalue weighted by atomic mass is 35.5. The largest absolute Gasteiger partial charge is 0.389 e. The first-order valence-electron chi connectivity index (χ1n) is 7.04. The summed E-state index contributed by atoms with van der Waals surface area (Å²) in [4.78, 5) is 7.24. The lowest BCUT2D eigenvalue weighted by Crippen LogP contribution is -2.45. The van der Waals surface area contributed by atoms with Crippen LogP contribution < -0.4 is 4.72 Å². The molecule has 0 radical (unpaired) electrons. The molecule has 1 aromatic rings. The smallest absolute Gasteiger partial charge is 0.243 e. The minimum absolute atomic E-state index is 0.00833. The summed E-state index contributed by atoms with van der Waals surface area (Å²) < 4.78 is 26.6. The lowest BCUT2D eigenvalue weighted by atomic mass is 9.78. The van der Waals surface area contributed by atoms with Gasteiger partial charge in [0.1, 0.15) is 4.90 Å². The molecule has 0 aliphatic heterocycles. The topological polar surface area (TPSA) is 92.2 Å². The van der Waals surface area contributed by atoms with Gasteiger partial charge >= 0.3 is 0 Å². The van der Waals surface area contributed by atoms with Crippen LogP contribution in [0.1, 0.15) is 39.0 Å². The van der Waals surface area contributed by atoms with E-state index in [0.717, 1.165) is 31.7 Å². The number of hydrogen-bond donors (Lipinski definition) is 2. The lowest BCUT2D eigenvalue weighted by Gasteiger charge is -2.35. The van der Waals surface area contributed by atoms with Gasteiger partial charge in [-0.25, -0.2) is 23.1 Å². The zero-order chi connectivity index (χ0) is 15.5. The van der Waals surface area contributed by atoms with Crippen molar-refractivity contribution in [2.24, 2.45) is 5.92 Å². The molecule has 1 fully saturated rings. The molecular weight excluding hydrogens is 314 g/mol. The molecule has 1 saturated carbocycles. The van der Waals surface area contributed by atoms with E-state index in [1.807, 2.05) is 0 Å². The molecule has 6 nitrogen and oxygen atoms in total. The maximum Gasteiger partial charge on any atom is 0.243 e. The first-order valence-corrected chi connectivity index (χ1v) is 8.90. The molecule has 2 rings (SSSR count). The van der Waals surface area contributed by atoms with Gasteiger partial charge in [-0.1, -0.05) is 13.3 Å². The van der Waals surface area contributed by atoms with E-state index in [-0.39, 0.29) is 16.7 Å². The Hall–Kier alpha value is -0.760. The Balaban J connectivity index is 1.97. The molecule has 0 saturated heterocycles. The van der Waals surface area contributed by atoms with Crippen LogP contribution in [0.25, 0.3) is 0 Å². The molecule has 1 aromatic heterocycles. The molecule has 0 aromatic carbocycles. The Labute approximate surface area is 130 Å². The second-order valence-corrected chi connectivity index (χ2v) is 7.69. The quantitative estimate of drug-likeness (QED) is 0.801. The zero-order valence-electron chi connectivity index (χ0n) is 11.9. The molecule has 2 N–H and O–H groups in total. The molecule has 21 heavy (non-hydrogen) atoms. The number of rotatable bonds is 5. The van der Waals surface area contributed by atoms with Gasteiger partial charge in [0.2, 0.25) is 15.3 Å². The Kier molecular flexibility index (Phi) is 5.19. The van der Waals surface area contributed by atoms with Crippen molar-refractivity contribution in [2.75, 3.05) is 6.54 Å². The molecule has 8 heteroatoms. The first kappa shape index (κ1) is 16.6. The Morgan fingerprint density at radius 2 is 1.95 bits per heavy atom. The fraction of sp³-hybridized carbons (Fsp3) is 0.692. The van der Waals surface area contributed by atoms with Gasteiger partial charge in [0.25, 0.3) is 0 Å². The normalized spacial score (nSPS) is 26.7. The molecule has 0 bridgehead atoms. The van der Waals surface area contributed by atoms with Crippen molar-refractivity contribution in [1.82, 2.24) is 14.7 Å². The van der Waals surface area contributed by atoms with Crippen LogP contribution in [0.3, 0.4) is 0 Å². The van der Waals surface area contributed by atoms with Crippen molar-refractivity contribution in [3.8, 4) is 0 Å². The van der Waals surface area contributed by atoms with Crippen LogP contribution >= 0.6 is 11.6 Å². The Morgan fingerprint density at radius 1 is 1.38 bits per heavy atom. The van der Waals surface area contributed by atoms with Crippen LogP contribution in [0.5, 0.6) is 0 Å². The summed E-state index contributed by atoms with van der Waals surface area (Å²) in [5, 5.41) is 10.5. The van der Waals surface area contributed by atoms with Crippen molar-refractivity contribution in [3.63, 3.8) is 0 Å². The number of aromatic nitrogens is 2. The average Bonchev–Trinajstić information content (AvgIpc) is 2.47. The second kappa shape index (κ2) is 6.56. The number of aliphatic hydroxyl groups is 1. The molecule has 1 heterocycles. The predicted molar refractivity (Wildman–Crippen MR) is 79.4 cm³/mol. The van der Waals surface area contributed by atoms with Crippen LogP contribution in [0.2, 0.25) is 5.28 Å². The molecule has 1 aliphatic carbocycles. The monoisotopic (exact) mass is 333 g/mol. The molecule has 118 valence electrons. The van der Waals surface area contributed by atoms with Gasteiger partial charge in [0, 0.05) is 6.54 Å². The minimum Gasteiger partial charge on any atom is -0.389 e. The van der Waals surface area contributed by atoms with E-state index < -0.39 is 15.6 Å². The minimum atomic E-state index is -3.73. The second-order valence-electron chi connectivity index (χ2n) is 5.59. The van der Waals surface area contributed by atoms with Crippen molar-refractivity contribution in [2.45, 2.75) is 49.5 Å². The number of nitrogens with one attached hydrogen (secondary N) is 1. The van der Waals surface area contributed by atoms with Gasteiger partial charge in [0.15, 0.2) is 0 Å². The van der Waals surface area contributed by atoms with Crippen molar-refractivity contribution >= 4 is 21.6 Å². The SMILES string of the molecule is CCC1CCC(O)(CNS(=O)(=O)c2cnc(Cl)nc2)CC1. The number of hydrogen-bond acceptors (Lipinski definition) is 5. The average molecular weight is 334 g/mol. The molecule has 0 unspecified atom stereocenters. The van der Waals surface area contributed by atoms with Crippen LogP contribution in [0.15, 0.2) is 17.3 Å². The highest BCUT2D eigenvalue weighted by molar-refractivity contribution is 7.89. The van der Waals surface area contributed by atoms with Crippen molar-refractivity contribution in [3.05, 3.63) is 17.7 Å². The van der Waals surface area contributed by atoms with E-state index in [2.05, 4.69) is 21.6 Å². The summed E-state index contributed by atoms with van der Waals surface area (Å²) in [5.41, 5.74) is -0.966. The van der Waals surface area contributed by atoms with E-state index in [4.69, 9.17) is 11.6 Å². The predicted octanol–water partition coefficient (Wildman–Crippen LogP) is 1.74. The lowest BCUT2D eigenvalue weighted by molar-refractivity contribution is -0.00442. The summed E-state index contributed by atoms with van der Waals surface area (Å²) in [7, 11) is -3.73. The first-order chi connectivity index (χ1) is 9.85. The Bertz CT molecular complexity index is 569. The van der Waals surface area contributed by atoms with Crippen LogP contribution in [0.4, 0.5) is 0 Å². The molecule has 0 spiro atoms. The van der Waals surface area contributed by atoms with E-state index in [1.165, 1.54) is 0 Å². The number of halogens is 1. The molecule has 0 amide bonds. The van der Waals surface area contributed by atoms with Gasteiger partial charge in [-0.2, -0.15) is 0 Å². The van der Waals surface area contributed by atoms with Crippen LogP contribution in [0, 0.1) is 5.92 Å². The summed E-state index contributed by atoms with van der Waals surface area (Å²) in [6.07, 6.45) is 6.49. The van der Waals surface area contributed by atoms with E-state index in [9.17, 15) is 13.5 Å². The van der Waals surface area contributed by atoms with Gasteiger partial charge in [-0.05, 0) is 43.2 Å². The van der Waals surface area contributed by atoms with E-state index in [0.29, 0.717) is 18.8 Å². The highest BCUT2D eigenvalue weighted by Gasteiger charge is 2.33. The Morgan fingerprint density at radius 3 is 2.48 bits per heavy atom. The zero-order valence-corrected chi connectivity index (χ0v) is 13.5. The molecular formula is C13H20ClN3O3S. The maximum absolute atomic E-state index is 12.1. The summed E-state index contributed by atoms with van der Waals surface area (Å²) in [6, 6.07) is 0. The summed E-state index contributed by atoms with van der Waals surface area (Å²) in [5.74, 6) is 0.631. The fourth-order valence-electron chi connectivity index (χ4n) is 2.55. The molecule has 1 aliphatic rings. The third-order valence-electron chi connectivity index (χ3n) is 4.11. The van der Waals surface area contributed by atoms with E-state index >= 15 is 0 Å². The van der Waals surface area contributed by atoms with Gasteiger partial charge in [-0.3, -0.25) is 0 Å². The highest BCUT2D eigenvalue weighted by Crippen LogP contribution is 2.33. The third-order valence-corrected chi connectivity index (χ3v) is 5.66. The van der Waals surface area contributed by atoms with Gasteiger partial charge in [-0.15, -0.1) is 0 Å². The summed E-state index contributed by atoms with van der Waals surface area (Å²) >= 11 is 5.53. The van der Waals surface area contributed by atoms with Gasteiger partial charge in [0.05, 0.1) is 18.0 Å². The van der Waals surface area contributed by atoms with Crippen LogP contribution in [-0.4, -0.2) is 35.6 Å². The third kappa shape index (κ3) is 4.35. The van der Waals surface area contributed by atoms with Crippen LogP contribution in [-0.2, 0) is 10.0 Å². The summed E-state index contributed by atoms with van der Waals surface area (Å²) in [6.45, 7) is 2.15. The van der Waals surface area contributed by atoms with Gasteiger partial charge < -0.3 is 5.11 Å².